The highest BCUT2D eigenvalue weighted by molar-refractivity contribution is 7.03. The molecule has 4 nitrogen and oxygen atoms in total. The molecule has 0 radical (unpaired) electrons. The molecule has 0 spiro atoms. The quantitative estimate of drug-likeness (QED) is 0.609. The number of hydrogen-bond donors (Lipinski definition) is 2. The Kier molecular flexibility index (Phi) is 11.1. The number of halogens is 1. The number of aryl methyl sites for hydroxylation is 2. The van der Waals surface area contributed by atoms with Gasteiger partial charge in [-0.2, -0.15) is 4.37 Å². The molecule has 1 aromatic heterocycles. The Labute approximate surface area is 171 Å². The highest BCUT2D eigenvalue weighted by atomic mass is 35.5. The Morgan fingerprint density at radius 3 is 2.63 bits per heavy atom. The Morgan fingerprint density at radius 1 is 1.15 bits per heavy atom. The van der Waals surface area contributed by atoms with E-state index in [0.717, 1.165) is 17.8 Å². The van der Waals surface area contributed by atoms with Crippen molar-refractivity contribution in [3.63, 3.8) is 0 Å². The van der Waals surface area contributed by atoms with E-state index in [-0.39, 0.29) is 5.91 Å². The normalized spacial score (nSPS) is 9.52. The predicted octanol–water partition coefficient (Wildman–Crippen LogP) is 5.66. The minimum absolute atomic E-state index is 0.101. The zero-order chi connectivity index (χ0) is 20.1. The summed E-state index contributed by atoms with van der Waals surface area (Å²) in [5.41, 5.74) is 2.76. The molecule has 0 aliphatic carbocycles. The third-order valence-corrected chi connectivity index (χ3v) is 4.41. The number of aromatic nitrogens is 1. The summed E-state index contributed by atoms with van der Waals surface area (Å²) in [4.78, 5) is 12.2. The monoisotopic (exact) mass is 405 g/mol. The Bertz CT molecular complexity index is 776. The maximum atomic E-state index is 12.2. The van der Waals surface area contributed by atoms with Gasteiger partial charge >= 0.3 is 0 Å². The topological polar surface area (TPSA) is 54.0 Å². The van der Waals surface area contributed by atoms with Gasteiger partial charge in [-0.15, -0.1) is 0 Å². The van der Waals surface area contributed by atoms with Crippen molar-refractivity contribution in [1.82, 2.24) is 9.69 Å². The van der Waals surface area contributed by atoms with Gasteiger partial charge in [-0.25, -0.2) is 0 Å². The third kappa shape index (κ3) is 8.41. The molecule has 0 atom stereocenters. The standard InChI is InChI=1S/C19H22ClN3OS.C2H6/c1-3-15-5-4-6-18(23-25-12-9-15)21-10-11-22-19(24)17-8-7-16(20)13-14(17)2;1-2/h4-9,12-13H,3,10-11H2,1-2H3,(H,21,23)(H,22,24);1-2H3. The van der Waals surface area contributed by atoms with Crippen LogP contribution in [0, 0.1) is 6.92 Å². The number of nitrogens with one attached hydrogen (secondary N) is 2. The first-order chi connectivity index (χ1) is 13.1. The first kappa shape index (κ1) is 22.9. The molecule has 1 heterocycles. The first-order valence-corrected chi connectivity index (χ1v) is 10.4. The molecular weight excluding hydrogens is 378 g/mol. The van der Waals surface area contributed by atoms with Crippen LogP contribution in [0.4, 0.5) is 5.82 Å². The van der Waals surface area contributed by atoms with Crippen LogP contribution in [0.15, 0.2) is 47.8 Å². The maximum absolute atomic E-state index is 12.2. The zero-order valence-corrected chi connectivity index (χ0v) is 18.0. The Hall–Kier alpha value is -2.11. The van der Waals surface area contributed by atoms with Gasteiger partial charge < -0.3 is 10.6 Å². The fourth-order valence-electron chi connectivity index (χ4n) is 2.22. The lowest BCUT2D eigenvalue weighted by molar-refractivity contribution is 0.0954. The van der Waals surface area contributed by atoms with Crippen LogP contribution in [0.3, 0.4) is 0 Å². The number of amides is 1. The summed E-state index contributed by atoms with van der Waals surface area (Å²) < 4.78 is 4.40. The van der Waals surface area contributed by atoms with E-state index < -0.39 is 0 Å². The highest BCUT2D eigenvalue weighted by Gasteiger charge is 2.08. The number of carbonyl (C=O) groups is 1. The van der Waals surface area contributed by atoms with Crippen LogP contribution in [-0.4, -0.2) is 23.4 Å². The summed E-state index contributed by atoms with van der Waals surface area (Å²) in [7, 11) is 0. The number of benzene rings is 1. The molecule has 6 heteroatoms. The molecule has 2 N–H and O–H groups in total. The van der Waals surface area contributed by atoms with Gasteiger partial charge in [-0.3, -0.25) is 4.79 Å². The maximum Gasteiger partial charge on any atom is 0.251 e. The lowest BCUT2D eigenvalue weighted by Gasteiger charge is -2.08. The summed E-state index contributed by atoms with van der Waals surface area (Å²) in [6, 6.07) is 13.3. The van der Waals surface area contributed by atoms with Crippen molar-refractivity contribution in [2.45, 2.75) is 34.1 Å². The summed E-state index contributed by atoms with van der Waals surface area (Å²) in [6.07, 6.45) is 0.986. The second-order valence-electron chi connectivity index (χ2n) is 5.48. The van der Waals surface area contributed by atoms with Gasteiger partial charge in [0, 0.05) is 29.1 Å². The minimum Gasteiger partial charge on any atom is -0.367 e. The third-order valence-electron chi connectivity index (χ3n) is 3.62. The summed E-state index contributed by atoms with van der Waals surface area (Å²) in [5, 5.41) is 8.72. The average molecular weight is 406 g/mol. The number of anilines is 1. The highest BCUT2D eigenvalue weighted by Crippen LogP contribution is 2.14. The largest absolute Gasteiger partial charge is 0.367 e. The number of carbonyl (C=O) groups excluding carboxylic acids is 1. The van der Waals surface area contributed by atoms with Crippen molar-refractivity contribution in [3.8, 4) is 0 Å². The molecule has 2 aromatic rings. The second-order valence-corrected chi connectivity index (χ2v) is 6.58. The van der Waals surface area contributed by atoms with E-state index in [4.69, 9.17) is 11.6 Å². The van der Waals surface area contributed by atoms with Crippen LogP contribution < -0.4 is 10.6 Å². The molecule has 1 aromatic carbocycles. The zero-order valence-electron chi connectivity index (χ0n) is 16.4. The van der Waals surface area contributed by atoms with Crippen molar-refractivity contribution >= 4 is 34.9 Å². The van der Waals surface area contributed by atoms with Gasteiger partial charge in [0.1, 0.15) is 5.82 Å². The lowest BCUT2D eigenvalue weighted by atomic mass is 10.1. The van der Waals surface area contributed by atoms with Gasteiger partial charge in [0.15, 0.2) is 0 Å². The minimum atomic E-state index is -0.101. The van der Waals surface area contributed by atoms with Crippen molar-refractivity contribution in [1.29, 1.82) is 0 Å². The van der Waals surface area contributed by atoms with Gasteiger partial charge in [-0.05, 0) is 66.3 Å². The van der Waals surface area contributed by atoms with Crippen LogP contribution in [0.1, 0.15) is 42.3 Å². The van der Waals surface area contributed by atoms with Crippen molar-refractivity contribution < 1.29 is 4.79 Å². The van der Waals surface area contributed by atoms with E-state index in [9.17, 15) is 4.79 Å². The van der Waals surface area contributed by atoms with Gasteiger partial charge in [0.2, 0.25) is 0 Å². The van der Waals surface area contributed by atoms with Gasteiger partial charge in [0.25, 0.3) is 5.91 Å². The van der Waals surface area contributed by atoms with Crippen LogP contribution in [0.25, 0.3) is 0 Å². The van der Waals surface area contributed by atoms with Crippen LogP contribution in [0.5, 0.6) is 0 Å². The van der Waals surface area contributed by atoms with E-state index >= 15 is 0 Å². The van der Waals surface area contributed by atoms with Crippen LogP contribution in [-0.2, 0) is 6.42 Å². The molecule has 0 fully saturated rings. The Morgan fingerprint density at radius 2 is 1.93 bits per heavy atom. The van der Waals surface area contributed by atoms with E-state index in [1.165, 1.54) is 17.1 Å². The first-order valence-electron chi connectivity index (χ1n) is 9.16. The van der Waals surface area contributed by atoms with Crippen molar-refractivity contribution in [2.24, 2.45) is 0 Å². The summed E-state index contributed by atoms with van der Waals surface area (Å²) in [5.74, 6) is 0.677. The SMILES string of the molecule is CC.CCc1cccc(NCCNC(=O)c2ccc(Cl)cc2C)nscc1. The molecule has 27 heavy (non-hydrogen) atoms. The van der Waals surface area contributed by atoms with E-state index in [0.29, 0.717) is 23.7 Å². The van der Waals surface area contributed by atoms with Gasteiger partial charge in [0.05, 0.1) is 0 Å². The molecule has 0 bridgehead atoms. The molecule has 1 amide bonds. The Balaban J connectivity index is 0.00000176. The number of rotatable bonds is 6. The smallest absolute Gasteiger partial charge is 0.251 e. The molecule has 0 aliphatic rings. The molecular formula is C21H28ClN3OS. The van der Waals surface area contributed by atoms with E-state index in [1.807, 2.05) is 38.3 Å². The average Bonchev–Trinajstić information content (AvgIpc) is 2.78. The van der Waals surface area contributed by atoms with Crippen LogP contribution >= 0.6 is 23.1 Å². The fourth-order valence-corrected chi connectivity index (χ4v) is 2.99. The van der Waals surface area contributed by atoms with Gasteiger partial charge in [-0.1, -0.05) is 44.5 Å². The molecule has 146 valence electrons. The van der Waals surface area contributed by atoms with Crippen molar-refractivity contribution in [2.75, 3.05) is 18.4 Å². The van der Waals surface area contributed by atoms with Crippen LogP contribution in [0.2, 0.25) is 5.02 Å². The lowest BCUT2D eigenvalue weighted by Crippen LogP contribution is -2.29. The fraction of sp³-hybridized carbons (Fsp3) is 0.333. The molecule has 0 saturated carbocycles. The van der Waals surface area contributed by atoms with E-state index in [2.05, 4.69) is 34.1 Å². The van der Waals surface area contributed by atoms with Crippen molar-refractivity contribution in [3.05, 3.63) is 69.6 Å². The number of nitrogens with zero attached hydrogens (tertiary/aromatic N) is 1. The summed E-state index contributed by atoms with van der Waals surface area (Å²) >= 11 is 7.30. The molecule has 0 aliphatic heterocycles. The number of hydrogen-bond acceptors (Lipinski definition) is 4. The summed E-state index contributed by atoms with van der Waals surface area (Å²) in [6.45, 7) is 9.09. The molecule has 0 unspecified atom stereocenters. The van der Waals surface area contributed by atoms with E-state index in [1.54, 1.807) is 18.2 Å². The second kappa shape index (κ2) is 13.1. The molecule has 2 rings (SSSR count). The predicted molar refractivity (Wildman–Crippen MR) is 117 cm³/mol. The molecule has 0 saturated heterocycles.